The third kappa shape index (κ3) is 4.61. The molecule has 1 atom stereocenters. The molecule has 0 saturated carbocycles. The molecule has 1 N–H and O–H groups in total. The van der Waals surface area contributed by atoms with Gasteiger partial charge < -0.3 is 10.1 Å². The van der Waals surface area contributed by atoms with E-state index in [1.165, 1.54) is 0 Å². The Hall–Kier alpha value is -1.27. The first-order valence-electron chi connectivity index (χ1n) is 6.99. The van der Waals surface area contributed by atoms with Crippen molar-refractivity contribution in [2.45, 2.75) is 26.4 Å². The Kier molecular flexibility index (Phi) is 6.08. The summed E-state index contributed by atoms with van der Waals surface area (Å²) in [5, 5.41) is 3.56. The highest BCUT2D eigenvalue weighted by atomic mass is 127. The average molecular weight is 430 g/mol. The second-order valence-corrected chi connectivity index (χ2v) is 6.57. The van der Waals surface area contributed by atoms with Gasteiger partial charge in [-0.3, -0.25) is 4.79 Å². The lowest BCUT2D eigenvalue weighted by molar-refractivity contribution is -0.122. The summed E-state index contributed by atoms with van der Waals surface area (Å²) in [7, 11) is 0. The zero-order valence-electron chi connectivity index (χ0n) is 12.4. The first kappa shape index (κ1) is 17.1. The quantitative estimate of drug-likeness (QED) is 0.676. The highest BCUT2D eigenvalue weighted by Crippen LogP contribution is 2.22. The predicted molar refractivity (Wildman–Crippen MR) is 98.7 cm³/mol. The Morgan fingerprint density at radius 3 is 2.55 bits per heavy atom. The number of benzene rings is 2. The largest absolute Gasteiger partial charge is 0.481 e. The van der Waals surface area contributed by atoms with Crippen LogP contribution in [0, 0.1) is 10.5 Å². The number of rotatable bonds is 5. The van der Waals surface area contributed by atoms with Gasteiger partial charge in [0.15, 0.2) is 6.10 Å². The van der Waals surface area contributed by atoms with E-state index in [1.807, 2.05) is 44.2 Å². The van der Waals surface area contributed by atoms with Crippen molar-refractivity contribution < 1.29 is 9.53 Å². The maximum absolute atomic E-state index is 12.3. The number of carbonyl (C=O) groups is 1. The Morgan fingerprint density at radius 1 is 1.27 bits per heavy atom. The van der Waals surface area contributed by atoms with E-state index in [0.717, 1.165) is 14.8 Å². The van der Waals surface area contributed by atoms with Crippen molar-refractivity contribution in [1.82, 2.24) is 0 Å². The van der Waals surface area contributed by atoms with Gasteiger partial charge in [0, 0.05) is 14.3 Å². The SMILES string of the molecule is CC[C@@H](Oc1ccc(Cl)c(C)c1)C(=O)Nc1ccc(I)cc1. The molecule has 0 heterocycles. The Morgan fingerprint density at radius 2 is 1.95 bits per heavy atom. The normalized spacial score (nSPS) is 11.8. The van der Waals surface area contributed by atoms with E-state index in [2.05, 4.69) is 27.9 Å². The van der Waals surface area contributed by atoms with E-state index >= 15 is 0 Å². The van der Waals surface area contributed by atoms with E-state index in [1.54, 1.807) is 12.1 Å². The van der Waals surface area contributed by atoms with Crippen LogP contribution in [0.4, 0.5) is 5.69 Å². The summed E-state index contributed by atoms with van der Waals surface area (Å²) in [4.78, 5) is 12.3. The molecule has 1 amide bonds. The Bertz CT molecular complexity index is 658. The van der Waals surface area contributed by atoms with Crippen LogP contribution in [0.1, 0.15) is 18.9 Å². The van der Waals surface area contributed by atoms with E-state index < -0.39 is 6.10 Å². The van der Waals surface area contributed by atoms with E-state index in [-0.39, 0.29) is 5.91 Å². The number of hydrogen-bond acceptors (Lipinski definition) is 2. The molecule has 116 valence electrons. The van der Waals surface area contributed by atoms with Gasteiger partial charge in [-0.25, -0.2) is 0 Å². The van der Waals surface area contributed by atoms with Gasteiger partial charge in [-0.05, 0) is 84.0 Å². The van der Waals surface area contributed by atoms with E-state index in [0.29, 0.717) is 17.2 Å². The maximum Gasteiger partial charge on any atom is 0.265 e. The van der Waals surface area contributed by atoms with Crippen molar-refractivity contribution in [2.24, 2.45) is 0 Å². The van der Waals surface area contributed by atoms with Crippen LogP contribution in [-0.2, 0) is 4.79 Å². The van der Waals surface area contributed by atoms with Crippen molar-refractivity contribution in [1.29, 1.82) is 0 Å². The fourth-order valence-corrected chi connectivity index (χ4v) is 2.41. The average Bonchev–Trinajstić information content (AvgIpc) is 2.50. The van der Waals surface area contributed by atoms with Gasteiger partial charge in [-0.2, -0.15) is 0 Å². The summed E-state index contributed by atoms with van der Waals surface area (Å²) in [6, 6.07) is 13.0. The number of aryl methyl sites for hydroxylation is 1. The zero-order valence-corrected chi connectivity index (χ0v) is 15.3. The van der Waals surface area contributed by atoms with Gasteiger partial charge >= 0.3 is 0 Å². The molecule has 22 heavy (non-hydrogen) atoms. The van der Waals surface area contributed by atoms with Crippen LogP contribution in [0.25, 0.3) is 0 Å². The standard InChI is InChI=1S/C17H17ClINO2/c1-3-16(22-14-8-9-15(18)11(2)10-14)17(21)20-13-6-4-12(19)5-7-13/h4-10,16H,3H2,1-2H3,(H,20,21)/t16-/m1/s1. The van der Waals surface area contributed by atoms with E-state index in [9.17, 15) is 4.79 Å². The molecule has 0 fully saturated rings. The number of carbonyl (C=O) groups excluding carboxylic acids is 1. The fraction of sp³-hybridized carbons (Fsp3) is 0.235. The molecular formula is C17H17ClINO2. The molecule has 2 rings (SSSR count). The highest BCUT2D eigenvalue weighted by molar-refractivity contribution is 14.1. The number of nitrogens with one attached hydrogen (secondary N) is 1. The first-order chi connectivity index (χ1) is 10.5. The summed E-state index contributed by atoms with van der Waals surface area (Å²) in [6.07, 6.45) is 0.0394. The van der Waals surface area contributed by atoms with Crippen molar-refractivity contribution in [2.75, 3.05) is 5.32 Å². The van der Waals surface area contributed by atoms with Gasteiger partial charge in [0.1, 0.15) is 5.75 Å². The number of anilines is 1. The second kappa shape index (κ2) is 7.83. The van der Waals surface area contributed by atoms with Crippen LogP contribution in [0.3, 0.4) is 0 Å². The minimum atomic E-state index is -0.542. The molecule has 0 radical (unpaired) electrons. The third-order valence-corrected chi connectivity index (χ3v) is 4.33. The molecule has 0 aliphatic heterocycles. The summed E-state index contributed by atoms with van der Waals surface area (Å²) < 4.78 is 6.91. The maximum atomic E-state index is 12.3. The molecule has 0 aliphatic carbocycles. The lowest BCUT2D eigenvalue weighted by Crippen LogP contribution is -2.32. The summed E-state index contributed by atoms with van der Waals surface area (Å²) >= 11 is 8.22. The minimum absolute atomic E-state index is 0.156. The van der Waals surface area contributed by atoms with Crippen LogP contribution in [0.2, 0.25) is 5.02 Å². The molecule has 0 aliphatic rings. The van der Waals surface area contributed by atoms with Crippen LogP contribution in [-0.4, -0.2) is 12.0 Å². The molecule has 3 nitrogen and oxygen atoms in total. The van der Waals surface area contributed by atoms with Gasteiger partial charge in [0.2, 0.25) is 0 Å². The van der Waals surface area contributed by atoms with Crippen LogP contribution in [0.15, 0.2) is 42.5 Å². The number of amides is 1. The number of ether oxygens (including phenoxy) is 1. The molecule has 2 aromatic carbocycles. The zero-order chi connectivity index (χ0) is 16.1. The molecule has 5 heteroatoms. The minimum Gasteiger partial charge on any atom is -0.481 e. The van der Waals surface area contributed by atoms with Crippen molar-refractivity contribution in [3.05, 3.63) is 56.6 Å². The topological polar surface area (TPSA) is 38.3 Å². The molecular weight excluding hydrogens is 413 g/mol. The van der Waals surface area contributed by atoms with Gasteiger partial charge in [-0.1, -0.05) is 18.5 Å². The lowest BCUT2D eigenvalue weighted by atomic mass is 10.2. The number of hydrogen-bond donors (Lipinski definition) is 1. The van der Waals surface area contributed by atoms with Crippen LogP contribution in [0.5, 0.6) is 5.75 Å². The summed E-state index contributed by atoms with van der Waals surface area (Å²) in [6.45, 7) is 3.82. The smallest absolute Gasteiger partial charge is 0.265 e. The van der Waals surface area contributed by atoms with Crippen molar-refractivity contribution >= 4 is 45.8 Å². The molecule has 0 unspecified atom stereocenters. The van der Waals surface area contributed by atoms with Gasteiger partial charge in [0.25, 0.3) is 5.91 Å². The molecule has 0 aromatic heterocycles. The lowest BCUT2D eigenvalue weighted by Gasteiger charge is -2.18. The second-order valence-electron chi connectivity index (χ2n) is 4.92. The van der Waals surface area contributed by atoms with Gasteiger partial charge in [0.05, 0.1) is 0 Å². The van der Waals surface area contributed by atoms with Gasteiger partial charge in [-0.15, -0.1) is 0 Å². The molecule has 0 spiro atoms. The molecule has 0 bridgehead atoms. The van der Waals surface area contributed by atoms with Crippen molar-refractivity contribution in [3.63, 3.8) is 0 Å². The Balaban J connectivity index is 2.05. The fourth-order valence-electron chi connectivity index (χ4n) is 1.93. The third-order valence-electron chi connectivity index (χ3n) is 3.18. The van der Waals surface area contributed by atoms with Crippen LogP contribution < -0.4 is 10.1 Å². The summed E-state index contributed by atoms with van der Waals surface area (Å²) in [5.74, 6) is 0.489. The predicted octanol–water partition coefficient (Wildman–Crippen LogP) is 5.05. The molecule has 2 aromatic rings. The molecule has 0 saturated heterocycles. The Labute approximate surface area is 149 Å². The van der Waals surface area contributed by atoms with Crippen LogP contribution >= 0.6 is 34.2 Å². The van der Waals surface area contributed by atoms with Crippen molar-refractivity contribution in [3.8, 4) is 5.75 Å². The van der Waals surface area contributed by atoms with E-state index in [4.69, 9.17) is 16.3 Å². The first-order valence-corrected chi connectivity index (χ1v) is 8.44. The highest BCUT2D eigenvalue weighted by Gasteiger charge is 2.18. The summed E-state index contributed by atoms with van der Waals surface area (Å²) in [5.41, 5.74) is 1.69. The monoisotopic (exact) mass is 429 g/mol. The number of halogens is 2.